The number of rotatable bonds is 4. The summed E-state index contributed by atoms with van der Waals surface area (Å²) in [5.74, 6) is 0. The van der Waals surface area contributed by atoms with E-state index >= 15 is 0 Å². The molecule has 0 spiro atoms. The Kier molecular flexibility index (Phi) is 4.91. The molecule has 0 aliphatic carbocycles. The number of sulfone groups is 1. The SMILES string of the molecule is Cn1cc(-c2ccccc2)c(=O)c(-c2cccc(S(=O)(=O)c3ccccc3)c2)c1. The van der Waals surface area contributed by atoms with Gasteiger partial charge in [-0.15, -0.1) is 0 Å². The Bertz CT molecular complexity index is 1330. The molecule has 0 amide bonds. The van der Waals surface area contributed by atoms with Crippen molar-refractivity contribution in [1.82, 2.24) is 4.57 Å². The number of aromatic nitrogens is 1. The van der Waals surface area contributed by atoms with Crippen LogP contribution in [0.4, 0.5) is 0 Å². The van der Waals surface area contributed by atoms with Gasteiger partial charge in [-0.05, 0) is 35.4 Å². The van der Waals surface area contributed by atoms with Gasteiger partial charge in [0.1, 0.15) is 0 Å². The van der Waals surface area contributed by atoms with Crippen LogP contribution < -0.4 is 5.43 Å². The van der Waals surface area contributed by atoms with Gasteiger partial charge < -0.3 is 4.57 Å². The van der Waals surface area contributed by atoms with Crippen molar-refractivity contribution in [1.29, 1.82) is 0 Å². The van der Waals surface area contributed by atoms with E-state index in [2.05, 4.69) is 0 Å². The molecule has 29 heavy (non-hydrogen) atoms. The van der Waals surface area contributed by atoms with Crippen LogP contribution in [0.2, 0.25) is 0 Å². The minimum Gasteiger partial charge on any atom is -0.356 e. The molecule has 0 unspecified atom stereocenters. The number of pyridine rings is 1. The Morgan fingerprint density at radius 1 is 0.655 bits per heavy atom. The molecule has 144 valence electrons. The maximum Gasteiger partial charge on any atom is 0.206 e. The summed E-state index contributed by atoms with van der Waals surface area (Å²) < 4.78 is 27.8. The molecule has 1 heterocycles. The quantitative estimate of drug-likeness (QED) is 0.504. The fourth-order valence-corrected chi connectivity index (χ4v) is 4.63. The van der Waals surface area contributed by atoms with Gasteiger partial charge >= 0.3 is 0 Å². The number of benzene rings is 3. The Morgan fingerprint density at radius 2 is 1.17 bits per heavy atom. The number of hydrogen-bond acceptors (Lipinski definition) is 3. The van der Waals surface area contributed by atoms with Crippen molar-refractivity contribution in [2.24, 2.45) is 7.05 Å². The van der Waals surface area contributed by atoms with E-state index in [9.17, 15) is 13.2 Å². The molecule has 0 radical (unpaired) electrons. The molecular formula is C24H19NO3S. The third-order valence-corrected chi connectivity index (χ3v) is 6.52. The second-order valence-corrected chi connectivity index (χ2v) is 8.74. The molecule has 0 bridgehead atoms. The molecule has 4 rings (SSSR count). The summed E-state index contributed by atoms with van der Waals surface area (Å²) in [7, 11) is -1.82. The molecule has 4 nitrogen and oxygen atoms in total. The first-order valence-corrected chi connectivity index (χ1v) is 10.6. The molecule has 0 saturated heterocycles. The van der Waals surface area contributed by atoms with Gasteiger partial charge in [0.25, 0.3) is 0 Å². The van der Waals surface area contributed by atoms with Gasteiger partial charge in [-0.2, -0.15) is 0 Å². The van der Waals surface area contributed by atoms with Gasteiger partial charge in [-0.25, -0.2) is 8.42 Å². The van der Waals surface area contributed by atoms with Crippen molar-refractivity contribution in [3.05, 3.63) is 108 Å². The molecule has 0 saturated carbocycles. The van der Waals surface area contributed by atoms with E-state index in [1.807, 2.05) is 41.9 Å². The maximum atomic E-state index is 13.2. The van der Waals surface area contributed by atoms with Gasteiger partial charge in [0.15, 0.2) is 5.43 Å². The summed E-state index contributed by atoms with van der Waals surface area (Å²) in [5.41, 5.74) is 2.29. The molecule has 0 fully saturated rings. The van der Waals surface area contributed by atoms with Crippen LogP contribution in [0, 0.1) is 0 Å². The highest BCUT2D eigenvalue weighted by atomic mass is 32.2. The van der Waals surface area contributed by atoms with Crippen LogP contribution in [0.25, 0.3) is 22.3 Å². The van der Waals surface area contributed by atoms with E-state index in [1.165, 1.54) is 0 Å². The van der Waals surface area contributed by atoms with Crippen LogP contribution in [-0.2, 0) is 16.9 Å². The van der Waals surface area contributed by atoms with Gasteiger partial charge in [-0.3, -0.25) is 4.79 Å². The second kappa shape index (κ2) is 7.53. The van der Waals surface area contributed by atoms with Gasteiger partial charge in [0.05, 0.1) is 9.79 Å². The highest BCUT2D eigenvalue weighted by Crippen LogP contribution is 2.26. The monoisotopic (exact) mass is 401 g/mol. The Hall–Kier alpha value is -3.44. The van der Waals surface area contributed by atoms with Crippen molar-refractivity contribution in [2.75, 3.05) is 0 Å². The second-order valence-electron chi connectivity index (χ2n) is 6.79. The molecule has 3 aromatic carbocycles. The Morgan fingerprint density at radius 3 is 1.83 bits per heavy atom. The van der Waals surface area contributed by atoms with Crippen molar-refractivity contribution in [3.63, 3.8) is 0 Å². The summed E-state index contributed by atoms with van der Waals surface area (Å²) in [5, 5.41) is 0. The van der Waals surface area contributed by atoms with Crippen LogP contribution >= 0.6 is 0 Å². The summed E-state index contributed by atoms with van der Waals surface area (Å²) in [6.45, 7) is 0. The largest absolute Gasteiger partial charge is 0.356 e. The molecule has 0 atom stereocenters. The van der Waals surface area contributed by atoms with Gasteiger partial charge in [0.2, 0.25) is 9.84 Å². The van der Waals surface area contributed by atoms with E-state index in [4.69, 9.17) is 0 Å². The summed E-state index contributed by atoms with van der Waals surface area (Å²) in [4.78, 5) is 13.6. The number of hydrogen-bond donors (Lipinski definition) is 0. The average Bonchev–Trinajstić information content (AvgIpc) is 2.76. The maximum absolute atomic E-state index is 13.2. The van der Waals surface area contributed by atoms with E-state index < -0.39 is 9.84 Å². The Labute approximate surface area is 169 Å². The standard InChI is InChI=1S/C24H19NO3S/c1-25-16-22(18-9-4-2-5-10-18)24(26)23(17-25)19-11-8-14-21(15-19)29(27,28)20-12-6-3-7-13-20/h2-17H,1H3. The molecule has 1 aromatic heterocycles. The van der Waals surface area contributed by atoms with Crippen molar-refractivity contribution < 1.29 is 8.42 Å². The molecule has 0 aliphatic heterocycles. The van der Waals surface area contributed by atoms with E-state index in [0.717, 1.165) is 5.56 Å². The molecule has 5 heteroatoms. The first-order chi connectivity index (χ1) is 14.0. The third kappa shape index (κ3) is 3.65. The predicted octanol–water partition coefficient (Wildman–Crippen LogP) is 4.55. The summed E-state index contributed by atoms with van der Waals surface area (Å²) in [6.07, 6.45) is 3.51. The van der Waals surface area contributed by atoms with Gasteiger partial charge in [-0.1, -0.05) is 60.7 Å². The van der Waals surface area contributed by atoms with Crippen LogP contribution in [0.15, 0.2) is 112 Å². The first-order valence-electron chi connectivity index (χ1n) is 9.13. The summed E-state index contributed by atoms with van der Waals surface area (Å²) >= 11 is 0. The van der Waals surface area contributed by atoms with Crippen LogP contribution in [0.5, 0.6) is 0 Å². The first kappa shape index (κ1) is 18.9. The highest BCUT2D eigenvalue weighted by Gasteiger charge is 2.19. The average molecular weight is 401 g/mol. The zero-order chi connectivity index (χ0) is 20.4. The van der Waals surface area contributed by atoms with Crippen LogP contribution in [0.3, 0.4) is 0 Å². The normalized spacial score (nSPS) is 11.3. The van der Waals surface area contributed by atoms with Crippen molar-refractivity contribution >= 4 is 9.84 Å². The smallest absolute Gasteiger partial charge is 0.206 e. The topological polar surface area (TPSA) is 56.1 Å². The molecular weight excluding hydrogens is 382 g/mol. The molecule has 0 aliphatic rings. The number of nitrogens with zero attached hydrogens (tertiary/aromatic N) is 1. The highest BCUT2D eigenvalue weighted by molar-refractivity contribution is 7.91. The molecule has 0 N–H and O–H groups in total. The third-order valence-electron chi connectivity index (χ3n) is 4.75. The van der Waals surface area contributed by atoms with E-state index in [0.29, 0.717) is 16.7 Å². The zero-order valence-electron chi connectivity index (χ0n) is 15.8. The van der Waals surface area contributed by atoms with Crippen LogP contribution in [-0.4, -0.2) is 13.0 Å². The Balaban J connectivity index is 1.87. The van der Waals surface area contributed by atoms with Crippen molar-refractivity contribution in [2.45, 2.75) is 9.79 Å². The lowest BCUT2D eigenvalue weighted by Crippen LogP contribution is -2.12. The van der Waals surface area contributed by atoms with E-state index in [1.54, 1.807) is 67.0 Å². The van der Waals surface area contributed by atoms with Crippen molar-refractivity contribution in [3.8, 4) is 22.3 Å². The lowest BCUT2D eigenvalue weighted by atomic mass is 10.0. The zero-order valence-corrected chi connectivity index (χ0v) is 16.6. The number of aryl methyl sites for hydroxylation is 1. The van der Waals surface area contributed by atoms with Gasteiger partial charge in [0, 0.05) is 30.6 Å². The van der Waals surface area contributed by atoms with E-state index in [-0.39, 0.29) is 15.2 Å². The summed E-state index contributed by atoms with van der Waals surface area (Å²) in [6, 6.07) is 24.3. The van der Waals surface area contributed by atoms with Crippen LogP contribution in [0.1, 0.15) is 0 Å². The fourth-order valence-electron chi connectivity index (χ4n) is 3.30. The predicted molar refractivity (Wildman–Crippen MR) is 114 cm³/mol. The lowest BCUT2D eigenvalue weighted by molar-refractivity contribution is 0.596. The minimum absolute atomic E-state index is 0.136. The lowest BCUT2D eigenvalue weighted by Gasteiger charge is -2.11. The minimum atomic E-state index is -3.66. The molecule has 4 aromatic rings. The fraction of sp³-hybridized carbons (Fsp3) is 0.0417.